The first-order chi connectivity index (χ1) is 17.9. The average molecular weight is 506 g/mol. The number of nitrogens with one attached hydrogen (secondary N) is 3. The largest absolute Gasteiger partial charge is 0.352 e. The minimum Gasteiger partial charge on any atom is -0.352 e. The van der Waals surface area contributed by atoms with Crippen LogP contribution in [0.1, 0.15) is 47.4 Å². The molecule has 11 heteroatoms. The summed E-state index contributed by atoms with van der Waals surface area (Å²) in [4.78, 5) is 32.1. The molecule has 0 aliphatic carbocycles. The lowest BCUT2D eigenvalue weighted by atomic mass is 9.89. The maximum absolute atomic E-state index is 14.2. The van der Waals surface area contributed by atoms with E-state index >= 15 is 0 Å². The number of hydrogen-bond donors (Lipinski definition) is 3. The minimum absolute atomic E-state index is 0.0509. The van der Waals surface area contributed by atoms with Crippen LogP contribution in [0.2, 0.25) is 0 Å². The van der Waals surface area contributed by atoms with Gasteiger partial charge >= 0.3 is 0 Å². The molecule has 2 unspecified atom stereocenters. The molecule has 2 atom stereocenters. The van der Waals surface area contributed by atoms with Crippen molar-refractivity contribution in [3.05, 3.63) is 65.2 Å². The number of pyridine rings is 1. The van der Waals surface area contributed by atoms with Crippen LogP contribution in [0.5, 0.6) is 0 Å². The number of aromatic amines is 2. The Morgan fingerprint density at radius 3 is 2.65 bits per heavy atom. The van der Waals surface area contributed by atoms with Crippen molar-refractivity contribution in [1.82, 2.24) is 35.6 Å². The summed E-state index contributed by atoms with van der Waals surface area (Å²) in [5.74, 6) is -1.46. The zero-order chi connectivity index (χ0) is 25.7. The monoisotopic (exact) mass is 505 g/mol. The van der Waals surface area contributed by atoms with Gasteiger partial charge in [0.15, 0.2) is 5.82 Å². The van der Waals surface area contributed by atoms with Crippen LogP contribution in [0.3, 0.4) is 0 Å². The minimum atomic E-state index is -0.502. The Kier molecular flexibility index (Phi) is 5.69. The summed E-state index contributed by atoms with van der Waals surface area (Å²) in [7, 11) is 0. The molecule has 6 rings (SSSR count). The summed E-state index contributed by atoms with van der Waals surface area (Å²) in [5, 5.41) is 16.5. The van der Waals surface area contributed by atoms with Crippen LogP contribution in [0.15, 0.2) is 36.5 Å². The number of halogens is 2. The molecule has 4 aromatic rings. The molecule has 2 aliphatic heterocycles. The van der Waals surface area contributed by atoms with Crippen molar-refractivity contribution in [3.8, 4) is 11.3 Å². The number of H-pyrrole nitrogens is 2. The van der Waals surface area contributed by atoms with E-state index in [1.54, 1.807) is 31.2 Å². The maximum atomic E-state index is 14.2. The van der Waals surface area contributed by atoms with E-state index in [4.69, 9.17) is 0 Å². The van der Waals surface area contributed by atoms with E-state index in [1.165, 1.54) is 0 Å². The number of carbonyl (C=O) groups is 2. The Morgan fingerprint density at radius 1 is 1.08 bits per heavy atom. The highest BCUT2D eigenvalue weighted by Gasteiger charge is 2.45. The second-order valence-corrected chi connectivity index (χ2v) is 9.85. The van der Waals surface area contributed by atoms with E-state index in [9.17, 15) is 18.4 Å². The fourth-order valence-corrected chi connectivity index (χ4v) is 5.64. The van der Waals surface area contributed by atoms with Crippen LogP contribution in [0.4, 0.5) is 8.78 Å². The quantitative estimate of drug-likeness (QED) is 0.383. The molecule has 9 nitrogen and oxygen atoms in total. The molecule has 2 fully saturated rings. The van der Waals surface area contributed by atoms with Gasteiger partial charge in [0.05, 0.1) is 22.8 Å². The molecule has 5 heterocycles. The zero-order valence-electron chi connectivity index (χ0n) is 20.1. The summed E-state index contributed by atoms with van der Waals surface area (Å²) < 4.78 is 28.0. The molecule has 2 aliphatic rings. The van der Waals surface area contributed by atoms with Gasteiger partial charge in [-0.15, -0.1) is 0 Å². The number of carbonyl (C=O) groups excluding carboxylic acids is 2. The maximum Gasteiger partial charge on any atom is 0.272 e. The third kappa shape index (κ3) is 4.24. The number of hydrogen-bond acceptors (Lipinski definition) is 5. The molecule has 2 amide bonds. The van der Waals surface area contributed by atoms with Gasteiger partial charge in [0, 0.05) is 35.8 Å². The molecular weight excluding hydrogens is 480 g/mol. The second kappa shape index (κ2) is 9.06. The van der Waals surface area contributed by atoms with Gasteiger partial charge in [0.2, 0.25) is 11.9 Å². The molecule has 3 N–H and O–H groups in total. The molecule has 0 spiro atoms. The number of amides is 2. The second-order valence-electron chi connectivity index (χ2n) is 9.85. The predicted molar refractivity (Wildman–Crippen MR) is 130 cm³/mol. The summed E-state index contributed by atoms with van der Waals surface area (Å²) in [6.07, 6.45) is 3.95. The van der Waals surface area contributed by atoms with E-state index < -0.39 is 11.8 Å². The van der Waals surface area contributed by atoms with Gasteiger partial charge in [-0.2, -0.15) is 14.6 Å². The third-order valence-electron chi connectivity index (χ3n) is 7.45. The van der Waals surface area contributed by atoms with Gasteiger partial charge < -0.3 is 10.2 Å². The lowest BCUT2D eigenvalue weighted by molar-refractivity contribution is -0.127. The highest BCUT2D eigenvalue weighted by Crippen LogP contribution is 2.40. The molecule has 2 bridgehead atoms. The number of aromatic nitrogens is 5. The first-order valence-electron chi connectivity index (χ1n) is 12.3. The predicted octanol–water partition coefficient (Wildman–Crippen LogP) is 3.63. The number of rotatable bonds is 5. The number of benzene rings is 1. The van der Waals surface area contributed by atoms with Crippen LogP contribution in [-0.4, -0.2) is 54.2 Å². The first-order valence-corrected chi connectivity index (χ1v) is 12.3. The van der Waals surface area contributed by atoms with Crippen molar-refractivity contribution in [2.45, 2.75) is 51.2 Å². The molecule has 1 aromatic carbocycles. The highest BCUT2D eigenvalue weighted by molar-refractivity contribution is 5.94. The van der Waals surface area contributed by atoms with Crippen LogP contribution >= 0.6 is 0 Å². The van der Waals surface area contributed by atoms with E-state index in [0.717, 1.165) is 24.6 Å². The van der Waals surface area contributed by atoms with E-state index in [2.05, 4.69) is 30.7 Å². The Balaban J connectivity index is 1.11. The highest BCUT2D eigenvalue weighted by atomic mass is 19.1. The van der Waals surface area contributed by atoms with Crippen LogP contribution < -0.4 is 5.32 Å². The van der Waals surface area contributed by atoms with E-state index in [1.807, 2.05) is 11.0 Å². The molecule has 190 valence electrons. The fraction of sp³-hybridized carbons (Fsp3) is 0.346. The van der Waals surface area contributed by atoms with Crippen LogP contribution in [-0.2, 0) is 11.3 Å². The average Bonchev–Trinajstić information content (AvgIpc) is 3.60. The molecule has 3 aromatic heterocycles. The molecule has 37 heavy (non-hydrogen) atoms. The van der Waals surface area contributed by atoms with Gasteiger partial charge in [-0.05, 0) is 62.4 Å². The number of nitrogens with zero attached hydrogens (tertiary/aromatic N) is 4. The Bertz CT molecular complexity index is 1500. The Hall–Kier alpha value is -4.15. The lowest BCUT2D eigenvalue weighted by Crippen LogP contribution is -2.49. The molecule has 0 saturated carbocycles. The summed E-state index contributed by atoms with van der Waals surface area (Å²) >= 11 is 0. The number of fused-ring (bicyclic) bond motifs is 3. The lowest BCUT2D eigenvalue weighted by Gasteiger charge is -2.38. The normalized spacial score (nSPS) is 20.9. The van der Waals surface area contributed by atoms with Crippen molar-refractivity contribution in [2.24, 2.45) is 5.92 Å². The van der Waals surface area contributed by atoms with Crippen molar-refractivity contribution in [1.29, 1.82) is 0 Å². The van der Waals surface area contributed by atoms with Gasteiger partial charge in [0.1, 0.15) is 5.69 Å². The van der Waals surface area contributed by atoms with Crippen molar-refractivity contribution >= 4 is 22.7 Å². The van der Waals surface area contributed by atoms with Crippen molar-refractivity contribution < 1.29 is 18.4 Å². The van der Waals surface area contributed by atoms with Crippen LogP contribution in [0.25, 0.3) is 22.2 Å². The number of piperidine rings is 1. The van der Waals surface area contributed by atoms with E-state index in [-0.39, 0.29) is 41.9 Å². The Labute approximate surface area is 210 Å². The summed E-state index contributed by atoms with van der Waals surface area (Å²) in [5.41, 5.74) is 2.90. The van der Waals surface area contributed by atoms with Crippen molar-refractivity contribution in [2.75, 3.05) is 0 Å². The standard InChI is InChI=1S/C26H25F2N7O2/c1-13-6-18(20(27)12-29-13)22-10-23(33-32-22)26(37)35-16-3-4-17(35)9-15(8-16)25(36)30-11-14-2-5-21-19(7-14)24(28)34-31-21/h2,5-7,10,12,15-17H,3-4,8-9,11H2,1H3,(H,30,36)(H,31,34)(H,32,33). The summed E-state index contributed by atoms with van der Waals surface area (Å²) in [6.45, 7) is 2.05. The van der Waals surface area contributed by atoms with Crippen molar-refractivity contribution in [3.63, 3.8) is 0 Å². The Morgan fingerprint density at radius 2 is 1.86 bits per heavy atom. The SMILES string of the molecule is Cc1cc(-c2cc(C(=O)N3C4CCC3CC(C(=O)NCc3ccc5n[nH]c(F)c5c3)C4)[nH]n2)c(F)cn1. The fourth-order valence-electron chi connectivity index (χ4n) is 5.64. The van der Waals surface area contributed by atoms with E-state index in [0.29, 0.717) is 40.8 Å². The number of aryl methyl sites for hydroxylation is 1. The van der Waals surface area contributed by atoms with Gasteiger partial charge in [-0.1, -0.05) is 6.07 Å². The summed E-state index contributed by atoms with van der Waals surface area (Å²) in [6, 6.07) is 8.26. The van der Waals surface area contributed by atoms with Gasteiger partial charge in [0.25, 0.3) is 5.91 Å². The van der Waals surface area contributed by atoms with Gasteiger partial charge in [-0.3, -0.25) is 24.8 Å². The molecular formula is C26H25F2N7O2. The molecule has 2 saturated heterocycles. The topological polar surface area (TPSA) is 120 Å². The smallest absolute Gasteiger partial charge is 0.272 e. The van der Waals surface area contributed by atoms with Gasteiger partial charge in [-0.25, -0.2) is 4.39 Å². The first kappa shape index (κ1) is 23.3. The third-order valence-corrected chi connectivity index (χ3v) is 7.45. The van der Waals surface area contributed by atoms with Crippen LogP contribution in [0, 0.1) is 24.6 Å². The molecule has 0 radical (unpaired) electrons. The zero-order valence-corrected chi connectivity index (χ0v) is 20.1.